The number of hydrogen-bond donors (Lipinski definition) is 1. The maximum Gasteiger partial charge on any atom is 0.419 e. The van der Waals surface area contributed by atoms with E-state index in [0.717, 1.165) is 12.1 Å². The second-order valence-electron chi connectivity index (χ2n) is 9.70. The van der Waals surface area contributed by atoms with E-state index in [-0.39, 0.29) is 28.4 Å². The molecule has 12 heteroatoms. The molecule has 0 aliphatic carbocycles. The number of pyridine rings is 1. The second kappa shape index (κ2) is 11.6. The summed E-state index contributed by atoms with van der Waals surface area (Å²) in [5, 5.41) is 2.86. The van der Waals surface area contributed by atoms with Crippen LogP contribution in [0.15, 0.2) is 85.1 Å². The van der Waals surface area contributed by atoms with Gasteiger partial charge >= 0.3 is 12.4 Å². The third-order valence-corrected chi connectivity index (χ3v) is 6.84. The largest absolute Gasteiger partial charge is 0.419 e. The molecular weight excluding hydrogens is 587 g/mol. The smallest absolute Gasteiger partial charge is 0.377 e. The number of amides is 1. The molecule has 3 aromatic carbocycles. The van der Waals surface area contributed by atoms with Crippen molar-refractivity contribution in [2.45, 2.75) is 24.3 Å². The molecule has 4 nitrogen and oxygen atoms in total. The van der Waals surface area contributed by atoms with Gasteiger partial charge in [0, 0.05) is 38.0 Å². The molecule has 0 spiro atoms. The van der Waals surface area contributed by atoms with Gasteiger partial charge in [-0.15, -0.1) is 0 Å². The molecule has 0 fully saturated rings. The highest BCUT2D eigenvalue weighted by atomic mass is 35.5. The van der Waals surface area contributed by atoms with E-state index < -0.39 is 46.3 Å². The molecule has 1 unspecified atom stereocenters. The highest BCUT2D eigenvalue weighted by molar-refractivity contribution is 6.30. The SMILES string of the molecule is CN(C)c1ccc(C(Cc2ccccc2)(NC(=O)c2ccc(F)c(C(F)(F)F)c2)c2ccc(Cl)cn2)cc1C(F)(F)F. The summed E-state index contributed by atoms with van der Waals surface area (Å²) in [5.74, 6) is -2.68. The van der Waals surface area contributed by atoms with Crippen molar-refractivity contribution < 1.29 is 35.5 Å². The molecule has 0 radical (unpaired) electrons. The van der Waals surface area contributed by atoms with Crippen molar-refractivity contribution in [3.63, 3.8) is 0 Å². The Bertz CT molecular complexity index is 1570. The van der Waals surface area contributed by atoms with Crippen LogP contribution in [0.25, 0.3) is 0 Å². The first-order chi connectivity index (χ1) is 19.6. The fourth-order valence-electron chi connectivity index (χ4n) is 4.62. The molecule has 1 atom stereocenters. The molecule has 1 N–H and O–H groups in total. The first-order valence-corrected chi connectivity index (χ1v) is 12.7. The van der Waals surface area contributed by atoms with Crippen LogP contribution in [0.3, 0.4) is 0 Å². The van der Waals surface area contributed by atoms with Crippen LogP contribution in [0, 0.1) is 5.82 Å². The van der Waals surface area contributed by atoms with Gasteiger partial charge in [-0.2, -0.15) is 26.3 Å². The van der Waals surface area contributed by atoms with Gasteiger partial charge in [-0.1, -0.05) is 48.0 Å². The van der Waals surface area contributed by atoms with Crippen LogP contribution in [0.2, 0.25) is 5.02 Å². The molecule has 4 rings (SSSR count). The van der Waals surface area contributed by atoms with Crippen molar-refractivity contribution in [3.8, 4) is 0 Å². The predicted molar refractivity (Wildman–Crippen MR) is 145 cm³/mol. The average molecular weight is 610 g/mol. The molecule has 0 bridgehead atoms. The van der Waals surface area contributed by atoms with Crippen LogP contribution in [0.4, 0.5) is 36.4 Å². The van der Waals surface area contributed by atoms with Crippen molar-refractivity contribution in [2.24, 2.45) is 0 Å². The summed E-state index contributed by atoms with van der Waals surface area (Å²) in [5.41, 5.74) is -4.65. The van der Waals surface area contributed by atoms with Crippen molar-refractivity contribution in [1.29, 1.82) is 0 Å². The van der Waals surface area contributed by atoms with Crippen LogP contribution in [0.1, 0.15) is 38.3 Å². The highest BCUT2D eigenvalue weighted by Crippen LogP contribution is 2.41. The Morgan fingerprint density at radius 3 is 2.10 bits per heavy atom. The molecule has 1 heterocycles. The number of carbonyl (C=O) groups excluding carboxylic acids is 1. The summed E-state index contributed by atoms with van der Waals surface area (Å²) in [6, 6.07) is 16.5. The third kappa shape index (κ3) is 6.51. The lowest BCUT2D eigenvalue weighted by Gasteiger charge is -2.36. The normalized spacial score (nSPS) is 13.4. The number of aromatic nitrogens is 1. The van der Waals surface area contributed by atoms with Gasteiger partial charge in [0.25, 0.3) is 5.91 Å². The summed E-state index contributed by atoms with van der Waals surface area (Å²) in [7, 11) is 2.88. The van der Waals surface area contributed by atoms with Gasteiger partial charge in [-0.25, -0.2) is 4.39 Å². The minimum atomic E-state index is -5.09. The first-order valence-electron chi connectivity index (χ1n) is 12.4. The Labute approximate surface area is 241 Å². The van der Waals surface area contributed by atoms with Crippen LogP contribution in [-0.2, 0) is 24.3 Å². The molecular formula is C30H23ClF7N3O. The minimum Gasteiger partial charge on any atom is -0.377 e. The lowest BCUT2D eigenvalue weighted by molar-refractivity contribution is -0.140. The number of alkyl halides is 6. The van der Waals surface area contributed by atoms with E-state index >= 15 is 0 Å². The quantitative estimate of drug-likeness (QED) is 0.217. The Kier molecular flexibility index (Phi) is 8.54. The molecule has 0 aliphatic heterocycles. The minimum absolute atomic E-state index is 0.0504. The molecule has 0 aliphatic rings. The van der Waals surface area contributed by atoms with E-state index in [4.69, 9.17) is 11.6 Å². The number of rotatable bonds is 7. The number of carbonyl (C=O) groups is 1. The van der Waals surface area contributed by atoms with E-state index in [1.54, 1.807) is 30.3 Å². The lowest BCUT2D eigenvalue weighted by atomic mass is 9.79. The van der Waals surface area contributed by atoms with E-state index in [9.17, 15) is 35.5 Å². The second-order valence-corrected chi connectivity index (χ2v) is 10.1. The van der Waals surface area contributed by atoms with Crippen molar-refractivity contribution >= 4 is 23.2 Å². The molecule has 1 aromatic heterocycles. The van der Waals surface area contributed by atoms with E-state index in [0.29, 0.717) is 17.7 Å². The summed E-state index contributed by atoms with van der Waals surface area (Å²) >= 11 is 6.04. The van der Waals surface area contributed by atoms with Crippen molar-refractivity contribution in [2.75, 3.05) is 19.0 Å². The van der Waals surface area contributed by atoms with Gasteiger partial charge in [0.1, 0.15) is 11.4 Å². The zero-order chi connectivity index (χ0) is 30.9. The maximum atomic E-state index is 14.3. The standard InChI is InChI=1S/C30H23ClF7N3O/c1-41(2)25-12-9-20(15-23(25)30(36,37)38)28(16-18-6-4-3-5-7-18,26-13-10-21(31)17-39-26)40-27(42)19-8-11-24(32)22(14-19)29(33,34)35/h3-15,17H,16H2,1-2H3,(H,40,42). The van der Waals surface area contributed by atoms with Crippen LogP contribution in [-0.4, -0.2) is 25.0 Å². The van der Waals surface area contributed by atoms with Gasteiger partial charge in [-0.3, -0.25) is 9.78 Å². The molecule has 4 aromatic rings. The summed E-state index contributed by atoms with van der Waals surface area (Å²) in [4.78, 5) is 19.2. The summed E-state index contributed by atoms with van der Waals surface area (Å²) < 4.78 is 97.2. The monoisotopic (exact) mass is 609 g/mol. The van der Waals surface area contributed by atoms with E-state index in [1.165, 1.54) is 49.5 Å². The number of halogens is 8. The summed E-state index contributed by atoms with van der Waals surface area (Å²) in [6.45, 7) is 0. The first kappa shape index (κ1) is 30.8. The molecule has 0 saturated heterocycles. The van der Waals surface area contributed by atoms with Crippen LogP contribution < -0.4 is 10.2 Å². The van der Waals surface area contributed by atoms with Gasteiger partial charge < -0.3 is 10.2 Å². The number of nitrogens with zero attached hydrogens (tertiary/aromatic N) is 2. The molecule has 220 valence electrons. The molecule has 0 saturated carbocycles. The number of benzene rings is 3. The predicted octanol–water partition coefficient (Wildman–Crippen LogP) is 7.89. The Morgan fingerprint density at radius 2 is 1.52 bits per heavy atom. The highest BCUT2D eigenvalue weighted by Gasteiger charge is 2.42. The lowest BCUT2D eigenvalue weighted by Crippen LogP contribution is -2.49. The summed E-state index contributed by atoms with van der Waals surface area (Å²) in [6.07, 6.45) is -8.81. The van der Waals surface area contributed by atoms with Gasteiger partial charge in [-0.05, 0) is 53.6 Å². The zero-order valence-corrected chi connectivity index (χ0v) is 22.9. The Hall–Kier alpha value is -4.12. The van der Waals surface area contributed by atoms with Gasteiger partial charge in [0.15, 0.2) is 0 Å². The number of anilines is 1. The average Bonchev–Trinajstić information content (AvgIpc) is 2.92. The molecule has 42 heavy (non-hydrogen) atoms. The maximum absolute atomic E-state index is 14.3. The van der Waals surface area contributed by atoms with Gasteiger partial charge in [0.2, 0.25) is 0 Å². The topological polar surface area (TPSA) is 45.2 Å². The van der Waals surface area contributed by atoms with Crippen molar-refractivity contribution in [1.82, 2.24) is 10.3 Å². The van der Waals surface area contributed by atoms with Gasteiger partial charge in [0.05, 0.1) is 21.8 Å². The van der Waals surface area contributed by atoms with Crippen molar-refractivity contribution in [3.05, 3.63) is 129 Å². The Balaban J connectivity index is 2.00. The fraction of sp³-hybridized carbons (Fsp3) is 0.200. The van der Waals surface area contributed by atoms with Crippen LogP contribution >= 0.6 is 11.6 Å². The number of nitrogens with one attached hydrogen (secondary N) is 1. The molecule has 1 amide bonds. The van der Waals surface area contributed by atoms with E-state index in [1.807, 2.05) is 0 Å². The van der Waals surface area contributed by atoms with Crippen LogP contribution in [0.5, 0.6) is 0 Å². The number of hydrogen-bond acceptors (Lipinski definition) is 3. The Morgan fingerprint density at radius 1 is 0.857 bits per heavy atom. The third-order valence-electron chi connectivity index (χ3n) is 6.61. The van der Waals surface area contributed by atoms with E-state index in [2.05, 4.69) is 10.3 Å². The zero-order valence-electron chi connectivity index (χ0n) is 22.1. The fourth-order valence-corrected chi connectivity index (χ4v) is 4.73.